The molecule has 0 fully saturated rings. The summed E-state index contributed by atoms with van der Waals surface area (Å²) in [6, 6.07) is 3.81. The fourth-order valence-electron chi connectivity index (χ4n) is 1.42. The molecule has 6 heteroatoms. The smallest absolute Gasteiger partial charge is 0.226 e. The molecular weight excluding hydrogens is 271 g/mol. The third-order valence-corrected chi connectivity index (χ3v) is 2.19. The Kier molecular flexibility index (Phi) is 8.11. The first-order valence-electron chi connectivity index (χ1n) is 6.00. The predicted molar refractivity (Wildman–Crippen MR) is 76.3 cm³/mol. The lowest BCUT2D eigenvalue weighted by molar-refractivity contribution is -0.116. The zero-order chi connectivity index (χ0) is 13.5. The second-order valence-corrected chi connectivity index (χ2v) is 4.22. The van der Waals surface area contributed by atoms with E-state index in [2.05, 4.69) is 5.32 Å². The molecule has 0 aromatic heterocycles. The van der Waals surface area contributed by atoms with Gasteiger partial charge in [0, 0.05) is 18.5 Å². The van der Waals surface area contributed by atoms with Gasteiger partial charge in [0.2, 0.25) is 5.91 Å². The maximum absolute atomic E-state index is 13.1. The Balaban J connectivity index is 0.00000324. The minimum absolute atomic E-state index is 0. The average Bonchev–Trinajstić information content (AvgIpc) is 2.28. The van der Waals surface area contributed by atoms with Crippen molar-refractivity contribution in [2.24, 2.45) is 5.73 Å². The van der Waals surface area contributed by atoms with Gasteiger partial charge in [0.15, 0.2) is 0 Å². The normalized spacial score (nSPS) is 11.4. The summed E-state index contributed by atoms with van der Waals surface area (Å²) < 4.78 is 18.5. The molecule has 0 aliphatic carbocycles. The molecule has 0 saturated carbocycles. The highest BCUT2D eigenvalue weighted by atomic mass is 35.5. The number of ether oxygens (including phenoxy) is 1. The van der Waals surface area contributed by atoms with Gasteiger partial charge in [-0.25, -0.2) is 4.39 Å². The van der Waals surface area contributed by atoms with Crippen LogP contribution < -0.4 is 15.8 Å². The van der Waals surface area contributed by atoms with Crippen molar-refractivity contribution in [1.29, 1.82) is 0 Å². The molecule has 1 aromatic carbocycles. The second-order valence-electron chi connectivity index (χ2n) is 4.22. The van der Waals surface area contributed by atoms with Gasteiger partial charge >= 0.3 is 0 Å². The number of anilines is 1. The number of carbonyl (C=O) groups is 1. The molecule has 0 saturated heterocycles. The summed E-state index contributed by atoms with van der Waals surface area (Å²) >= 11 is 0. The zero-order valence-electron chi connectivity index (χ0n) is 11.1. The number of nitrogens with one attached hydrogen (secondary N) is 1. The summed E-state index contributed by atoms with van der Waals surface area (Å²) in [6.45, 7) is 4.17. The Labute approximate surface area is 118 Å². The van der Waals surface area contributed by atoms with E-state index < -0.39 is 5.82 Å². The van der Waals surface area contributed by atoms with E-state index in [0.717, 1.165) is 6.42 Å². The number of carbonyl (C=O) groups excluding carboxylic acids is 1. The van der Waals surface area contributed by atoms with Crippen LogP contribution in [0.15, 0.2) is 18.2 Å². The Hall–Kier alpha value is -1.33. The summed E-state index contributed by atoms with van der Waals surface area (Å²) in [5, 5.41) is 2.67. The summed E-state index contributed by atoms with van der Waals surface area (Å²) in [5.74, 6) is -0.265. The minimum Gasteiger partial charge on any atom is -0.491 e. The number of hydrogen-bond donors (Lipinski definition) is 2. The summed E-state index contributed by atoms with van der Waals surface area (Å²) in [5.41, 5.74) is 6.01. The van der Waals surface area contributed by atoms with Crippen molar-refractivity contribution in [2.45, 2.75) is 32.7 Å². The van der Waals surface area contributed by atoms with Gasteiger partial charge in [0.25, 0.3) is 0 Å². The Bertz CT molecular complexity index is 414. The molecule has 1 amide bonds. The fraction of sp³-hybridized carbons (Fsp3) is 0.462. The summed E-state index contributed by atoms with van der Waals surface area (Å²) in [6.07, 6.45) is 1.02. The van der Waals surface area contributed by atoms with Crippen LogP contribution in [0.1, 0.15) is 26.7 Å². The van der Waals surface area contributed by atoms with Gasteiger partial charge in [-0.3, -0.25) is 4.79 Å². The third-order valence-electron chi connectivity index (χ3n) is 2.19. The first kappa shape index (κ1) is 17.7. The summed E-state index contributed by atoms with van der Waals surface area (Å²) in [4.78, 5) is 11.6. The van der Waals surface area contributed by atoms with Crippen LogP contribution in [0, 0.1) is 5.82 Å². The standard InChI is InChI=1S/C13H19FN2O2.ClH/c1-3-6-18-12-8-10(14)4-5-11(12)16-13(17)7-9(2)15;/h4-5,8-9H,3,6-7,15H2,1-2H3,(H,16,17);1H. The molecule has 3 N–H and O–H groups in total. The highest BCUT2D eigenvalue weighted by molar-refractivity contribution is 5.92. The van der Waals surface area contributed by atoms with Crippen LogP contribution in [0.2, 0.25) is 0 Å². The van der Waals surface area contributed by atoms with Gasteiger partial charge in [0.1, 0.15) is 11.6 Å². The monoisotopic (exact) mass is 290 g/mol. The molecule has 0 bridgehead atoms. The largest absolute Gasteiger partial charge is 0.491 e. The van der Waals surface area contributed by atoms with Gasteiger partial charge in [-0.1, -0.05) is 6.92 Å². The third kappa shape index (κ3) is 6.40. The van der Waals surface area contributed by atoms with E-state index in [1.54, 1.807) is 6.92 Å². The van der Waals surface area contributed by atoms with Crippen molar-refractivity contribution in [2.75, 3.05) is 11.9 Å². The second kappa shape index (κ2) is 8.72. The van der Waals surface area contributed by atoms with Crippen molar-refractivity contribution in [3.63, 3.8) is 0 Å². The molecule has 0 spiro atoms. The van der Waals surface area contributed by atoms with Gasteiger partial charge in [-0.15, -0.1) is 12.4 Å². The number of rotatable bonds is 6. The zero-order valence-corrected chi connectivity index (χ0v) is 11.9. The topological polar surface area (TPSA) is 64.3 Å². The lowest BCUT2D eigenvalue weighted by atomic mass is 10.2. The number of halogens is 2. The molecule has 1 aromatic rings. The van der Waals surface area contributed by atoms with Crippen LogP contribution in [0.5, 0.6) is 5.75 Å². The number of amides is 1. The Morgan fingerprint density at radius 1 is 1.53 bits per heavy atom. The molecule has 1 rings (SSSR count). The number of hydrogen-bond acceptors (Lipinski definition) is 3. The molecule has 0 heterocycles. The van der Waals surface area contributed by atoms with Crippen LogP contribution in [0.3, 0.4) is 0 Å². The van der Waals surface area contributed by atoms with E-state index in [1.807, 2.05) is 6.92 Å². The number of benzene rings is 1. The van der Waals surface area contributed by atoms with Crippen LogP contribution in [-0.2, 0) is 4.79 Å². The highest BCUT2D eigenvalue weighted by Crippen LogP contribution is 2.25. The van der Waals surface area contributed by atoms with E-state index in [9.17, 15) is 9.18 Å². The van der Waals surface area contributed by atoms with Gasteiger partial charge < -0.3 is 15.8 Å². The van der Waals surface area contributed by atoms with E-state index in [1.165, 1.54) is 18.2 Å². The molecule has 108 valence electrons. The van der Waals surface area contributed by atoms with Crippen molar-refractivity contribution in [1.82, 2.24) is 0 Å². The first-order valence-corrected chi connectivity index (χ1v) is 6.00. The van der Waals surface area contributed by atoms with Crippen LogP contribution in [0.4, 0.5) is 10.1 Å². The lowest BCUT2D eigenvalue weighted by Crippen LogP contribution is -2.24. The first-order chi connectivity index (χ1) is 8.52. The minimum atomic E-state index is -0.397. The average molecular weight is 291 g/mol. The summed E-state index contributed by atoms with van der Waals surface area (Å²) in [7, 11) is 0. The Morgan fingerprint density at radius 2 is 2.21 bits per heavy atom. The maximum atomic E-state index is 13.1. The van der Waals surface area contributed by atoms with Gasteiger partial charge in [-0.2, -0.15) is 0 Å². The van der Waals surface area contributed by atoms with Crippen molar-refractivity contribution < 1.29 is 13.9 Å². The van der Waals surface area contributed by atoms with Crippen molar-refractivity contribution in [3.05, 3.63) is 24.0 Å². The maximum Gasteiger partial charge on any atom is 0.226 e. The van der Waals surface area contributed by atoms with Crippen LogP contribution >= 0.6 is 12.4 Å². The van der Waals surface area contributed by atoms with E-state index in [4.69, 9.17) is 10.5 Å². The van der Waals surface area contributed by atoms with E-state index in [-0.39, 0.29) is 30.8 Å². The van der Waals surface area contributed by atoms with E-state index in [0.29, 0.717) is 18.0 Å². The molecule has 0 aliphatic rings. The van der Waals surface area contributed by atoms with Gasteiger partial charge in [0.05, 0.1) is 12.3 Å². The molecular formula is C13H20ClFN2O2. The molecule has 1 unspecified atom stereocenters. The van der Waals surface area contributed by atoms with Crippen LogP contribution in [-0.4, -0.2) is 18.6 Å². The lowest BCUT2D eigenvalue weighted by Gasteiger charge is -2.13. The van der Waals surface area contributed by atoms with Crippen LogP contribution in [0.25, 0.3) is 0 Å². The SMILES string of the molecule is CCCOc1cc(F)ccc1NC(=O)CC(C)N.Cl. The number of nitrogens with two attached hydrogens (primary N) is 1. The van der Waals surface area contributed by atoms with Gasteiger partial charge in [-0.05, 0) is 25.5 Å². The fourth-order valence-corrected chi connectivity index (χ4v) is 1.42. The van der Waals surface area contributed by atoms with E-state index >= 15 is 0 Å². The highest BCUT2D eigenvalue weighted by Gasteiger charge is 2.10. The molecule has 0 radical (unpaired) electrons. The predicted octanol–water partition coefficient (Wildman–Crippen LogP) is 2.71. The molecule has 1 atom stereocenters. The van der Waals surface area contributed by atoms with Crippen molar-refractivity contribution >= 4 is 24.0 Å². The molecule has 4 nitrogen and oxygen atoms in total. The quantitative estimate of drug-likeness (QED) is 0.847. The Morgan fingerprint density at radius 3 is 2.79 bits per heavy atom. The molecule has 0 aliphatic heterocycles. The van der Waals surface area contributed by atoms with Crippen molar-refractivity contribution in [3.8, 4) is 5.75 Å². The molecule has 19 heavy (non-hydrogen) atoms.